The molecule has 0 amide bonds. The van der Waals surface area contributed by atoms with Gasteiger partial charge in [-0.2, -0.15) is 0 Å². The van der Waals surface area contributed by atoms with Crippen LogP contribution in [0.15, 0.2) is 0 Å². The first kappa shape index (κ1) is 12.0. The summed E-state index contributed by atoms with van der Waals surface area (Å²) < 4.78 is 0. The lowest BCUT2D eigenvalue weighted by Crippen LogP contribution is -2.36. The van der Waals surface area contributed by atoms with Crippen molar-refractivity contribution in [1.82, 2.24) is 15.1 Å². The summed E-state index contributed by atoms with van der Waals surface area (Å²) in [5.41, 5.74) is 0. The second-order valence-electron chi connectivity index (χ2n) is 4.64. The van der Waals surface area contributed by atoms with Crippen LogP contribution in [0.1, 0.15) is 19.3 Å². The minimum absolute atomic E-state index is 0.786. The van der Waals surface area contributed by atoms with E-state index in [1.165, 1.54) is 38.9 Å². The third kappa shape index (κ3) is 4.40. The van der Waals surface area contributed by atoms with E-state index >= 15 is 0 Å². The fraction of sp³-hybridized carbons (Fsp3) is 1.00. The molecule has 1 aliphatic heterocycles. The summed E-state index contributed by atoms with van der Waals surface area (Å²) in [6, 6.07) is 0.786. The molecule has 14 heavy (non-hydrogen) atoms. The zero-order valence-electron chi connectivity index (χ0n) is 9.92. The Morgan fingerprint density at radius 2 is 2.21 bits per heavy atom. The molecule has 0 spiro atoms. The van der Waals surface area contributed by atoms with Crippen LogP contribution in [0.3, 0.4) is 0 Å². The first-order valence-corrected chi connectivity index (χ1v) is 5.76. The van der Waals surface area contributed by atoms with Crippen molar-refractivity contribution in [1.29, 1.82) is 0 Å². The predicted molar refractivity (Wildman–Crippen MR) is 61.7 cm³/mol. The van der Waals surface area contributed by atoms with Gasteiger partial charge in [-0.25, -0.2) is 0 Å². The van der Waals surface area contributed by atoms with Crippen molar-refractivity contribution in [3.8, 4) is 0 Å². The Hall–Kier alpha value is -0.120. The second kappa shape index (κ2) is 6.38. The van der Waals surface area contributed by atoms with E-state index in [9.17, 15) is 0 Å². The molecule has 0 aromatic carbocycles. The van der Waals surface area contributed by atoms with E-state index in [0.29, 0.717) is 0 Å². The molecule has 1 N–H and O–H groups in total. The molecule has 0 aromatic heterocycles. The standard InChI is InChI=1S/C11H25N3/c1-13(2)8-5-7-12-10-11-6-4-9-14(11)3/h11-12H,4-10H2,1-3H3. The first-order valence-electron chi connectivity index (χ1n) is 5.76. The predicted octanol–water partition coefficient (Wildman–Crippen LogP) is 0.622. The van der Waals surface area contributed by atoms with Gasteiger partial charge >= 0.3 is 0 Å². The number of rotatable bonds is 6. The van der Waals surface area contributed by atoms with Gasteiger partial charge in [0.2, 0.25) is 0 Å². The van der Waals surface area contributed by atoms with Crippen LogP contribution in [0.5, 0.6) is 0 Å². The molecule has 0 bridgehead atoms. The molecule has 1 aliphatic rings. The van der Waals surface area contributed by atoms with E-state index in [1.54, 1.807) is 0 Å². The molecule has 0 radical (unpaired) electrons. The molecular weight excluding hydrogens is 174 g/mol. The molecule has 1 heterocycles. The summed E-state index contributed by atoms with van der Waals surface area (Å²) in [6.07, 6.45) is 4.00. The lowest BCUT2D eigenvalue weighted by molar-refractivity contribution is 0.298. The summed E-state index contributed by atoms with van der Waals surface area (Å²) in [6.45, 7) is 4.80. The average molecular weight is 199 g/mol. The van der Waals surface area contributed by atoms with Gasteiger partial charge in [-0.3, -0.25) is 0 Å². The second-order valence-corrected chi connectivity index (χ2v) is 4.64. The highest BCUT2D eigenvalue weighted by Crippen LogP contribution is 2.13. The van der Waals surface area contributed by atoms with Gasteiger partial charge in [-0.15, -0.1) is 0 Å². The number of likely N-dealkylation sites (N-methyl/N-ethyl adjacent to an activating group) is 1. The van der Waals surface area contributed by atoms with Crippen LogP contribution in [0.4, 0.5) is 0 Å². The van der Waals surface area contributed by atoms with E-state index in [4.69, 9.17) is 0 Å². The van der Waals surface area contributed by atoms with Gasteiger partial charge in [0.05, 0.1) is 0 Å². The number of likely N-dealkylation sites (tertiary alicyclic amines) is 1. The Labute approximate surface area is 88.5 Å². The Balaban J connectivity index is 1.93. The number of nitrogens with one attached hydrogen (secondary N) is 1. The van der Waals surface area contributed by atoms with Crippen LogP contribution < -0.4 is 5.32 Å². The summed E-state index contributed by atoms with van der Waals surface area (Å²) in [7, 11) is 6.49. The minimum Gasteiger partial charge on any atom is -0.315 e. The third-order valence-electron chi connectivity index (χ3n) is 3.01. The van der Waals surface area contributed by atoms with Crippen LogP contribution in [-0.4, -0.2) is 63.2 Å². The summed E-state index contributed by atoms with van der Waals surface area (Å²) in [5, 5.41) is 3.54. The van der Waals surface area contributed by atoms with Crippen molar-refractivity contribution >= 4 is 0 Å². The lowest BCUT2D eigenvalue weighted by atomic mass is 10.2. The van der Waals surface area contributed by atoms with E-state index in [-0.39, 0.29) is 0 Å². The van der Waals surface area contributed by atoms with E-state index in [0.717, 1.165) is 12.6 Å². The van der Waals surface area contributed by atoms with E-state index < -0.39 is 0 Å². The average Bonchev–Trinajstić information content (AvgIpc) is 2.51. The fourth-order valence-corrected chi connectivity index (χ4v) is 2.03. The van der Waals surface area contributed by atoms with Gasteiger partial charge in [0.15, 0.2) is 0 Å². The molecule has 1 unspecified atom stereocenters. The van der Waals surface area contributed by atoms with Gasteiger partial charge in [0, 0.05) is 12.6 Å². The first-order chi connectivity index (χ1) is 6.70. The van der Waals surface area contributed by atoms with Crippen molar-refractivity contribution in [3.05, 3.63) is 0 Å². The molecule has 0 saturated carbocycles. The maximum atomic E-state index is 3.54. The summed E-state index contributed by atoms with van der Waals surface area (Å²) in [5.74, 6) is 0. The quantitative estimate of drug-likeness (QED) is 0.633. The SMILES string of the molecule is CN(C)CCCNCC1CCCN1C. The van der Waals surface area contributed by atoms with Gasteiger partial charge in [0.1, 0.15) is 0 Å². The monoisotopic (exact) mass is 199 g/mol. The molecular formula is C11H25N3. The largest absolute Gasteiger partial charge is 0.315 e. The van der Waals surface area contributed by atoms with Crippen LogP contribution >= 0.6 is 0 Å². The fourth-order valence-electron chi connectivity index (χ4n) is 2.03. The number of hydrogen-bond donors (Lipinski definition) is 1. The van der Waals surface area contributed by atoms with Crippen molar-refractivity contribution in [2.45, 2.75) is 25.3 Å². The Morgan fingerprint density at radius 3 is 2.79 bits per heavy atom. The molecule has 0 aromatic rings. The van der Waals surface area contributed by atoms with Gasteiger partial charge < -0.3 is 15.1 Å². The van der Waals surface area contributed by atoms with E-state index in [1.807, 2.05) is 0 Å². The van der Waals surface area contributed by atoms with Crippen LogP contribution in [-0.2, 0) is 0 Å². The summed E-state index contributed by atoms with van der Waals surface area (Å²) in [4.78, 5) is 4.71. The van der Waals surface area contributed by atoms with E-state index in [2.05, 4.69) is 36.3 Å². The van der Waals surface area contributed by atoms with Crippen molar-refractivity contribution < 1.29 is 0 Å². The smallest absolute Gasteiger partial charge is 0.0218 e. The molecule has 3 heteroatoms. The maximum absolute atomic E-state index is 3.54. The third-order valence-corrected chi connectivity index (χ3v) is 3.01. The van der Waals surface area contributed by atoms with Crippen molar-refractivity contribution in [2.75, 3.05) is 47.3 Å². The molecule has 0 aliphatic carbocycles. The highest BCUT2D eigenvalue weighted by atomic mass is 15.2. The zero-order chi connectivity index (χ0) is 10.4. The Kier molecular flexibility index (Phi) is 5.45. The lowest BCUT2D eigenvalue weighted by Gasteiger charge is -2.20. The maximum Gasteiger partial charge on any atom is 0.0218 e. The Bertz CT molecular complexity index is 147. The molecule has 3 nitrogen and oxygen atoms in total. The van der Waals surface area contributed by atoms with Crippen molar-refractivity contribution in [3.63, 3.8) is 0 Å². The van der Waals surface area contributed by atoms with Crippen LogP contribution in [0, 0.1) is 0 Å². The normalized spacial score (nSPS) is 23.6. The Morgan fingerprint density at radius 1 is 1.43 bits per heavy atom. The van der Waals surface area contributed by atoms with Gasteiger partial charge in [-0.1, -0.05) is 0 Å². The van der Waals surface area contributed by atoms with Gasteiger partial charge in [-0.05, 0) is 60.0 Å². The highest BCUT2D eigenvalue weighted by molar-refractivity contribution is 4.77. The molecule has 1 atom stereocenters. The minimum atomic E-state index is 0.786. The zero-order valence-corrected chi connectivity index (χ0v) is 9.92. The van der Waals surface area contributed by atoms with Crippen LogP contribution in [0.25, 0.3) is 0 Å². The number of hydrogen-bond acceptors (Lipinski definition) is 3. The highest BCUT2D eigenvalue weighted by Gasteiger charge is 2.19. The molecule has 1 fully saturated rings. The van der Waals surface area contributed by atoms with Gasteiger partial charge in [0.25, 0.3) is 0 Å². The summed E-state index contributed by atoms with van der Waals surface area (Å²) >= 11 is 0. The van der Waals surface area contributed by atoms with Crippen LogP contribution in [0.2, 0.25) is 0 Å². The topological polar surface area (TPSA) is 18.5 Å². The molecule has 1 saturated heterocycles. The van der Waals surface area contributed by atoms with Crippen molar-refractivity contribution in [2.24, 2.45) is 0 Å². The number of nitrogens with zero attached hydrogens (tertiary/aromatic N) is 2. The molecule has 1 rings (SSSR count). The molecule has 84 valence electrons.